The Labute approximate surface area is 204 Å². The number of carbonyl (C=O) groups excluding carboxylic acids is 1. The molecule has 1 fully saturated rings. The van der Waals surface area contributed by atoms with Crippen LogP contribution in [-0.2, 0) is 14.3 Å². The molecule has 1 saturated carbocycles. The average molecular weight is 467 g/mol. The van der Waals surface area contributed by atoms with Crippen LogP contribution in [-0.4, -0.2) is 23.1 Å². The van der Waals surface area contributed by atoms with E-state index in [-0.39, 0.29) is 12.1 Å². The van der Waals surface area contributed by atoms with Gasteiger partial charge in [0.15, 0.2) is 0 Å². The summed E-state index contributed by atoms with van der Waals surface area (Å²) in [6, 6.07) is 0. The first-order valence-corrected chi connectivity index (χ1v) is 14.5. The number of rotatable bonds is 21. The Bertz CT molecular complexity index is 490. The molecule has 0 heterocycles. The second kappa shape index (κ2) is 20.3. The molecule has 0 aromatic carbocycles. The van der Waals surface area contributed by atoms with Gasteiger partial charge in [-0.1, -0.05) is 123 Å². The SMILES string of the molecule is CCCCCCCCCCCCCCCCC(CCCC)OC(=O)C1CCCCC1C(=O)O. The summed E-state index contributed by atoms with van der Waals surface area (Å²) in [5.74, 6) is -2.10. The summed E-state index contributed by atoms with van der Waals surface area (Å²) < 4.78 is 5.88. The van der Waals surface area contributed by atoms with Gasteiger partial charge in [0.05, 0.1) is 11.8 Å². The molecule has 1 aliphatic rings. The minimum Gasteiger partial charge on any atom is -0.481 e. The van der Waals surface area contributed by atoms with Crippen LogP contribution >= 0.6 is 0 Å². The number of unbranched alkanes of at least 4 members (excludes halogenated alkanes) is 14. The molecule has 3 atom stereocenters. The second-order valence-corrected chi connectivity index (χ2v) is 10.4. The first kappa shape index (κ1) is 30.0. The van der Waals surface area contributed by atoms with Gasteiger partial charge in [-0.2, -0.15) is 0 Å². The molecule has 0 spiro atoms. The predicted octanol–water partition coefficient (Wildman–Crippen LogP) is 8.85. The van der Waals surface area contributed by atoms with Gasteiger partial charge in [0.25, 0.3) is 0 Å². The van der Waals surface area contributed by atoms with E-state index in [0.717, 1.165) is 44.9 Å². The zero-order valence-electron chi connectivity index (χ0n) is 22.0. The molecule has 0 amide bonds. The van der Waals surface area contributed by atoms with Crippen LogP contribution in [0.5, 0.6) is 0 Å². The van der Waals surface area contributed by atoms with E-state index in [0.29, 0.717) is 12.8 Å². The van der Waals surface area contributed by atoms with Crippen LogP contribution in [0.2, 0.25) is 0 Å². The summed E-state index contributed by atoms with van der Waals surface area (Å²) >= 11 is 0. The number of aliphatic carboxylic acids is 1. The lowest BCUT2D eigenvalue weighted by atomic mass is 9.79. The Morgan fingerprint density at radius 2 is 1.09 bits per heavy atom. The minimum absolute atomic E-state index is 0.0360. The monoisotopic (exact) mass is 466 g/mol. The molecular weight excluding hydrogens is 412 g/mol. The molecule has 1 aliphatic carbocycles. The third kappa shape index (κ3) is 14.7. The maximum atomic E-state index is 12.7. The summed E-state index contributed by atoms with van der Waals surface area (Å²) in [5.41, 5.74) is 0. The molecular formula is C29H54O4. The number of hydrogen-bond acceptors (Lipinski definition) is 3. The number of esters is 1. The normalized spacial score (nSPS) is 19.3. The summed E-state index contributed by atoms with van der Waals surface area (Å²) in [4.78, 5) is 24.3. The zero-order chi connectivity index (χ0) is 24.2. The molecule has 0 saturated heterocycles. The molecule has 4 nitrogen and oxygen atoms in total. The Hall–Kier alpha value is -1.06. The largest absolute Gasteiger partial charge is 0.481 e. The van der Waals surface area contributed by atoms with Crippen LogP contribution in [0.25, 0.3) is 0 Å². The number of hydrogen-bond donors (Lipinski definition) is 1. The van der Waals surface area contributed by atoms with Gasteiger partial charge in [0, 0.05) is 0 Å². The van der Waals surface area contributed by atoms with Crippen molar-refractivity contribution in [3.8, 4) is 0 Å². The van der Waals surface area contributed by atoms with Crippen LogP contribution in [0.4, 0.5) is 0 Å². The zero-order valence-corrected chi connectivity index (χ0v) is 22.0. The summed E-state index contributed by atoms with van der Waals surface area (Å²) in [7, 11) is 0. The highest BCUT2D eigenvalue weighted by Crippen LogP contribution is 2.32. The van der Waals surface area contributed by atoms with Crippen molar-refractivity contribution in [2.75, 3.05) is 0 Å². The van der Waals surface area contributed by atoms with E-state index in [2.05, 4.69) is 13.8 Å². The number of ether oxygens (including phenoxy) is 1. The van der Waals surface area contributed by atoms with Crippen LogP contribution < -0.4 is 0 Å². The quantitative estimate of drug-likeness (QED) is 0.135. The fourth-order valence-corrected chi connectivity index (χ4v) is 5.22. The van der Waals surface area contributed by atoms with Crippen molar-refractivity contribution in [3.05, 3.63) is 0 Å². The molecule has 194 valence electrons. The lowest BCUT2D eigenvalue weighted by Crippen LogP contribution is -2.35. The van der Waals surface area contributed by atoms with Gasteiger partial charge >= 0.3 is 11.9 Å². The van der Waals surface area contributed by atoms with E-state index >= 15 is 0 Å². The Balaban J connectivity index is 2.14. The number of carboxylic acid groups (broad SMARTS) is 1. The van der Waals surface area contributed by atoms with Crippen LogP contribution in [0.15, 0.2) is 0 Å². The Morgan fingerprint density at radius 1 is 0.667 bits per heavy atom. The molecule has 0 aromatic rings. The van der Waals surface area contributed by atoms with Crippen molar-refractivity contribution in [1.82, 2.24) is 0 Å². The first-order chi connectivity index (χ1) is 16.1. The topological polar surface area (TPSA) is 63.6 Å². The second-order valence-electron chi connectivity index (χ2n) is 10.4. The summed E-state index contributed by atoms with van der Waals surface area (Å²) in [6.45, 7) is 4.43. The maximum Gasteiger partial charge on any atom is 0.310 e. The molecule has 0 aromatic heterocycles. The van der Waals surface area contributed by atoms with Gasteiger partial charge in [-0.3, -0.25) is 9.59 Å². The number of carbonyl (C=O) groups is 2. The van der Waals surface area contributed by atoms with E-state index in [4.69, 9.17) is 4.74 Å². The van der Waals surface area contributed by atoms with Crippen LogP contribution in [0.3, 0.4) is 0 Å². The van der Waals surface area contributed by atoms with Crippen molar-refractivity contribution < 1.29 is 19.4 Å². The molecule has 0 bridgehead atoms. The molecule has 33 heavy (non-hydrogen) atoms. The van der Waals surface area contributed by atoms with Crippen molar-refractivity contribution in [3.63, 3.8) is 0 Å². The van der Waals surface area contributed by atoms with Crippen molar-refractivity contribution in [2.24, 2.45) is 11.8 Å². The smallest absolute Gasteiger partial charge is 0.310 e. The maximum absolute atomic E-state index is 12.7. The van der Waals surface area contributed by atoms with Gasteiger partial charge in [-0.05, 0) is 32.1 Å². The number of carboxylic acids is 1. The molecule has 4 heteroatoms. The highest BCUT2D eigenvalue weighted by atomic mass is 16.5. The van der Waals surface area contributed by atoms with Crippen LogP contribution in [0, 0.1) is 11.8 Å². The summed E-state index contributed by atoms with van der Waals surface area (Å²) in [6.07, 6.45) is 25.9. The average Bonchev–Trinajstić information content (AvgIpc) is 2.82. The summed E-state index contributed by atoms with van der Waals surface area (Å²) in [5, 5.41) is 9.47. The van der Waals surface area contributed by atoms with E-state index in [9.17, 15) is 14.7 Å². The van der Waals surface area contributed by atoms with E-state index in [1.165, 1.54) is 83.5 Å². The van der Waals surface area contributed by atoms with Gasteiger partial charge in [0.1, 0.15) is 6.10 Å². The lowest BCUT2D eigenvalue weighted by Gasteiger charge is -2.28. The van der Waals surface area contributed by atoms with Crippen molar-refractivity contribution in [1.29, 1.82) is 0 Å². The van der Waals surface area contributed by atoms with E-state index < -0.39 is 17.8 Å². The highest BCUT2D eigenvalue weighted by molar-refractivity contribution is 5.81. The predicted molar refractivity (Wildman–Crippen MR) is 137 cm³/mol. The van der Waals surface area contributed by atoms with Gasteiger partial charge in [-0.15, -0.1) is 0 Å². The van der Waals surface area contributed by atoms with Gasteiger partial charge < -0.3 is 9.84 Å². The molecule has 0 aliphatic heterocycles. The Kier molecular flexibility index (Phi) is 18.5. The van der Waals surface area contributed by atoms with Crippen molar-refractivity contribution >= 4 is 11.9 Å². The van der Waals surface area contributed by atoms with Crippen molar-refractivity contribution in [2.45, 2.75) is 161 Å². The molecule has 1 rings (SSSR count). The van der Waals surface area contributed by atoms with Crippen LogP contribution in [0.1, 0.15) is 155 Å². The molecule has 1 N–H and O–H groups in total. The van der Waals surface area contributed by atoms with Gasteiger partial charge in [-0.25, -0.2) is 0 Å². The third-order valence-electron chi connectivity index (χ3n) is 7.43. The standard InChI is InChI=1S/C29H54O4/c1-3-5-7-8-9-10-11-12-13-14-15-16-17-18-22-25(21-6-4-2)33-29(32)27-24-20-19-23-26(27)28(30)31/h25-27H,3-24H2,1-2H3,(H,30,31). The first-order valence-electron chi connectivity index (χ1n) is 14.5. The minimum atomic E-state index is -0.839. The lowest BCUT2D eigenvalue weighted by molar-refractivity contribution is -0.164. The van der Waals surface area contributed by atoms with Gasteiger partial charge in [0.2, 0.25) is 0 Å². The van der Waals surface area contributed by atoms with E-state index in [1.807, 2.05) is 0 Å². The van der Waals surface area contributed by atoms with E-state index in [1.54, 1.807) is 0 Å². The fourth-order valence-electron chi connectivity index (χ4n) is 5.22. The third-order valence-corrected chi connectivity index (χ3v) is 7.43. The molecule has 0 radical (unpaired) electrons. The highest BCUT2D eigenvalue weighted by Gasteiger charge is 2.37. The molecule has 3 unspecified atom stereocenters. The Morgan fingerprint density at radius 3 is 1.58 bits per heavy atom. The fraction of sp³-hybridized carbons (Fsp3) is 0.931.